The van der Waals surface area contributed by atoms with Crippen molar-refractivity contribution >= 4 is 0 Å². The summed E-state index contributed by atoms with van der Waals surface area (Å²) in [4.78, 5) is 0. The van der Waals surface area contributed by atoms with E-state index >= 15 is 0 Å². The van der Waals surface area contributed by atoms with Crippen molar-refractivity contribution in [1.82, 2.24) is 5.32 Å². The molecule has 1 aromatic carbocycles. The van der Waals surface area contributed by atoms with Crippen LogP contribution in [0, 0.1) is 17.8 Å². The molecule has 1 N–H and O–H groups in total. The molecule has 0 saturated heterocycles. The second-order valence-corrected chi connectivity index (χ2v) is 5.37. The molecular weight excluding hydrogens is 194 g/mol. The van der Waals surface area contributed by atoms with Crippen molar-refractivity contribution in [3.63, 3.8) is 0 Å². The molecule has 0 bridgehead atoms. The van der Waals surface area contributed by atoms with Crippen LogP contribution >= 0.6 is 0 Å². The molecule has 0 aliphatic heterocycles. The number of hydrogen-bond acceptors (Lipinski definition) is 1. The fourth-order valence-corrected chi connectivity index (χ4v) is 1.81. The van der Waals surface area contributed by atoms with Crippen molar-refractivity contribution in [3.05, 3.63) is 35.4 Å². The van der Waals surface area contributed by atoms with Crippen LogP contribution in [0.5, 0.6) is 0 Å². The van der Waals surface area contributed by atoms with Gasteiger partial charge in [0.2, 0.25) is 0 Å². The topological polar surface area (TPSA) is 12.0 Å². The lowest BCUT2D eigenvalue weighted by molar-refractivity contribution is 0.321. The second-order valence-electron chi connectivity index (χ2n) is 5.37. The van der Waals surface area contributed by atoms with Gasteiger partial charge in [0.1, 0.15) is 0 Å². The van der Waals surface area contributed by atoms with Crippen LogP contribution in [0.15, 0.2) is 24.3 Å². The van der Waals surface area contributed by atoms with Crippen LogP contribution in [0.4, 0.5) is 0 Å². The van der Waals surface area contributed by atoms with E-state index in [1.165, 1.54) is 5.56 Å². The Kier molecular flexibility index (Phi) is 4.15. The van der Waals surface area contributed by atoms with Gasteiger partial charge in [-0.2, -0.15) is 0 Å². The Morgan fingerprint density at radius 1 is 1.25 bits per heavy atom. The molecule has 0 aromatic heterocycles. The average Bonchev–Trinajstić information content (AvgIpc) is 2.25. The summed E-state index contributed by atoms with van der Waals surface area (Å²) in [5.74, 6) is 2.64. The zero-order chi connectivity index (χ0) is 12.2. The summed E-state index contributed by atoms with van der Waals surface area (Å²) in [7, 11) is 2.01. The maximum Gasteiger partial charge on any atom is 0.0322 e. The fraction of sp³-hybridized carbons (Fsp3) is 0.467. The van der Waals surface area contributed by atoms with Gasteiger partial charge in [0.25, 0.3) is 0 Å². The van der Waals surface area contributed by atoms with Gasteiger partial charge in [0.05, 0.1) is 0 Å². The molecule has 1 heteroatoms. The predicted octanol–water partition coefficient (Wildman–Crippen LogP) is 3.36. The summed E-state index contributed by atoms with van der Waals surface area (Å²) in [6, 6.07) is 8.63. The lowest BCUT2D eigenvalue weighted by Crippen LogP contribution is -2.22. The molecule has 0 aliphatic carbocycles. The van der Waals surface area contributed by atoms with E-state index < -0.39 is 0 Å². The SMILES string of the molecule is C#Cc1ccc(C(CC(C)(C)C)NC)cc1. The van der Waals surface area contributed by atoms with Crippen molar-refractivity contribution in [3.8, 4) is 12.3 Å². The highest BCUT2D eigenvalue weighted by molar-refractivity contribution is 5.35. The molecular formula is C15H21N. The zero-order valence-electron chi connectivity index (χ0n) is 10.7. The van der Waals surface area contributed by atoms with Crippen LogP contribution < -0.4 is 5.32 Å². The standard InChI is InChI=1S/C15H21N/c1-6-12-7-9-13(10-8-12)14(16-5)11-15(2,3)4/h1,7-10,14,16H,11H2,2-5H3. The molecule has 0 saturated carbocycles. The highest BCUT2D eigenvalue weighted by atomic mass is 14.9. The predicted molar refractivity (Wildman–Crippen MR) is 70.2 cm³/mol. The summed E-state index contributed by atoms with van der Waals surface area (Å²) in [6.45, 7) is 6.77. The Bertz CT molecular complexity index is 362. The van der Waals surface area contributed by atoms with Crippen molar-refractivity contribution in [2.45, 2.75) is 33.2 Å². The first-order valence-electron chi connectivity index (χ1n) is 5.70. The molecule has 0 amide bonds. The third-order valence-electron chi connectivity index (χ3n) is 2.64. The second kappa shape index (κ2) is 5.18. The molecule has 0 fully saturated rings. The highest BCUT2D eigenvalue weighted by Gasteiger charge is 2.18. The summed E-state index contributed by atoms with van der Waals surface area (Å²) >= 11 is 0. The molecule has 1 rings (SSSR count). The molecule has 1 nitrogen and oxygen atoms in total. The smallest absolute Gasteiger partial charge is 0.0322 e. The first-order chi connectivity index (χ1) is 7.46. The van der Waals surface area contributed by atoms with Gasteiger partial charge in [-0.25, -0.2) is 0 Å². The Hall–Kier alpha value is -1.26. The monoisotopic (exact) mass is 215 g/mol. The van der Waals surface area contributed by atoms with Crippen LogP contribution in [0.2, 0.25) is 0 Å². The lowest BCUT2D eigenvalue weighted by Gasteiger charge is -2.26. The van der Waals surface area contributed by atoms with Crippen LogP contribution in [0.25, 0.3) is 0 Å². The van der Waals surface area contributed by atoms with Crippen LogP contribution in [-0.4, -0.2) is 7.05 Å². The number of benzene rings is 1. The minimum atomic E-state index is 0.318. The van der Waals surface area contributed by atoms with Crippen molar-refractivity contribution in [2.24, 2.45) is 5.41 Å². The molecule has 0 radical (unpaired) electrons. The minimum absolute atomic E-state index is 0.318. The van der Waals surface area contributed by atoms with E-state index in [-0.39, 0.29) is 0 Å². The van der Waals surface area contributed by atoms with Crippen molar-refractivity contribution < 1.29 is 0 Å². The Balaban J connectivity index is 2.84. The van der Waals surface area contributed by atoms with Gasteiger partial charge >= 0.3 is 0 Å². The molecule has 16 heavy (non-hydrogen) atoms. The van der Waals surface area contributed by atoms with E-state index in [9.17, 15) is 0 Å². The maximum absolute atomic E-state index is 5.34. The Morgan fingerprint density at radius 2 is 1.81 bits per heavy atom. The quantitative estimate of drug-likeness (QED) is 0.762. The Morgan fingerprint density at radius 3 is 2.19 bits per heavy atom. The van der Waals surface area contributed by atoms with Gasteiger partial charge in [-0.15, -0.1) is 6.42 Å². The van der Waals surface area contributed by atoms with E-state index in [4.69, 9.17) is 6.42 Å². The number of rotatable bonds is 3. The van der Waals surface area contributed by atoms with Gasteiger partial charge in [-0.05, 0) is 36.6 Å². The van der Waals surface area contributed by atoms with Crippen LogP contribution in [0.1, 0.15) is 44.4 Å². The van der Waals surface area contributed by atoms with E-state index in [0.29, 0.717) is 11.5 Å². The summed E-state index contributed by atoms with van der Waals surface area (Å²) in [5.41, 5.74) is 2.56. The summed E-state index contributed by atoms with van der Waals surface area (Å²) < 4.78 is 0. The van der Waals surface area contributed by atoms with Gasteiger partial charge in [-0.3, -0.25) is 0 Å². The van der Waals surface area contributed by atoms with Crippen LogP contribution in [0.3, 0.4) is 0 Å². The normalized spacial score (nSPS) is 13.2. The van der Waals surface area contributed by atoms with Gasteiger partial charge in [0, 0.05) is 11.6 Å². The molecule has 86 valence electrons. The molecule has 1 unspecified atom stereocenters. The Labute approximate surface area is 99.3 Å². The average molecular weight is 215 g/mol. The maximum atomic E-state index is 5.34. The number of hydrogen-bond donors (Lipinski definition) is 1. The zero-order valence-corrected chi connectivity index (χ0v) is 10.7. The van der Waals surface area contributed by atoms with E-state index in [1.807, 2.05) is 19.2 Å². The number of nitrogens with one attached hydrogen (secondary N) is 1. The summed E-state index contributed by atoms with van der Waals surface area (Å²) in [6.07, 6.45) is 6.45. The first kappa shape index (κ1) is 12.8. The van der Waals surface area contributed by atoms with E-state index in [1.54, 1.807) is 0 Å². The van der Waals surface area contributed by atoms with E-state index in [0.717, 1.165) is 12.0 Å². The third-order valence-corrected chi connectivity index (χ3v) is 2.64. The third kappa shape index (κ3) is 3.72. The first-order valence-corrected chi connectivity index (χ1v) is 5.70. The molecule has 0 aliphatic rings. The summed E-state index contributed by atoms with van der Waals surface area (Å²) in [5, 5.41) is 3.36. The lowest BCUT2D eigenvalue weighted by atomic mass is 9.85. The van der Waals surface area contributed by atoms with E-state index in [2.05, 4.69) is 44.1 Å². The van der Waals surface area contributed by atoms with Crippen molar-refractivity contribution in [2.75, 3.05) is 7.05 Å². The van der Waals surface area contributed by atoms with Gasteiger partial charge in [-0.1, -0.05) is 38.8 Å². The van der Waals surface area contributed by atoms with Gasteiger partial charge in [0.15, 0.2) is 0 Å². The van der Waals surface area contributed by atoms with Gasteiger partial charge < -0.3 is 5.32 Å². The molecule has 0 heterocycles. The fourth-order valence-electron chi connectivity index (χ4n) is 1.81. The highest BCUT2D eigenvalue weighted by Crippen LogP contribution is 2.29. The molecule has 0 spiro atoms. The largest absolute Gasteiger partial charge is 0.313 e. The molecule has 1 atom stereocenters. The molecule has 1 aromatic rings. The number of terminal acetylenes is 1. The van der Waals surface area contributed by atoms with Crippen molar-refractivity contribution in [1.29, 1.82) is 0 Å². The minimum Gasteiger partial charge on any atom is -0.313 e. The van der Waals surface area contributed by atoms with Crippen LogP contribution in [-0.2, 0) is 0 Å².